The van der Waals surface area contributed by atoms with E-state index in [1.807, 2.05) is 6.61 Å². The van der Waals surface area contributed by atoms with Gasteiger partial charge in [0.2, 0.25) is 0 Å². The molecule has 0 aromatic rings. The fourth-order valence-corrected chi connectivity index (χ4v) is 1.45. The molecule has 73 valence electrons. The molecule has 0 aliphatic rings. The van der Waals surface area contributed by atoms with E-state index >= 15 is 0 Å². The second kappa shape index (κ2) is 4.42. The number of rotatable bonds is 4. The first-order chi connectivity index (χ1) is 5.31. The average molecular weight is 187 g/mol. The van der Waals surface area contributed by atoms with Crippen molar-refractivity contribution in [3.63, 3.8) is 0 Å². The molecule has 0 bridgehead atoms. The molecule has 1 radical (unpaired) electrons. The van der Waals surface area contributed by atoms with Crippen LogP contribution in [0.1, 0.15) is 40.5 Å². The number of hydrogen-bond donors (Lipinski definition) is 0. The predicted molar refractivity (Wildman–Crippen MR) is 57.5 cm³/mol. The van der Waals surface area contributed by atoms with Crippen molar-refractivity contribution in [1.29, 1.82) is 0 Å². The van der Waals surface area contributed by atoms with Crippen molar-refractivity contribution in [3.05, 3.63) is 6.61 Å². The van der Waals surface area contributed by atoms with Crippen molar-refractivity contribution in [2.45, 2.75) is 58.7 Å². The Morgan fingerprint density at radius 2 is 1.75 bits per heavy atom. The Bertz CT molecular complexity index is 124. The lowest BCUT2D eigenvalue weighted by molar-refractivity contribution is 0.354. The highest BCUT2D eigenvalue weighted by atomic mass is 28.4. The van der Waals surface area contributed by atoms with Crippen molar-refractivity contribution in [3.8, 4) is 0 Å². The van der Waals surface area contributed by atoms with Crippen LogP contribution in [0.15, 0.2) is 0 Å². The summed E-state index contributed by atoms with van der Waals surface area (Å²) in [6.45, 7) is 15.5. The summed E-state index contributed by atoms with van der Waals surface area (Å²) in [5.41, 5.74) is 0. The van der Waals surface area contributed by atoms with Gasteiger partial charge >= 0.3 is 0 Å². The van der Waals surface area contributed by atoms with Crippen LogP contribution in [0, 0.1) is 6.61 Å². The molecule has 12 heavy (non-hydrogen) atoms. The molecule has 0 unspecified atom stereocenters. The summed E-state index contributed by atoms with van der Waals surface area (Å²) in [4.78, 5) is 0. The van der Waals surface area contributed by atoms with Crippen LogP contribution in [0.4, 0.5) is 0 Å². The van der Waals surface area contributed by atoms with Crippen molar-refractivity contribution in [2.24, 2.45) is 0 Å². The summed E-state index contributed by atoms with van der Waals surface area (Å²) in [6, 6.07) is 0. The van der Waals surface area contributed by atoms with Crippen molar-refractivity contribution in [1.82, 2.24) is 0 Å². The zero-order chi connectivity index (χ0) is 9.83. The molecule has 0 saturated carbocycles. The molecule has 0 heterocycles. The molecule has 0 spiro atoms. The van der Waals surface area contributed by atoms with Gasteiger partial charge in [0.05, 0.1) is 6.61 Å². The van der Waals surface area contributed by atoms with Crippen LogP contribution in [0.2, 0.25) is 18.1 Å². The zero-order valence-electron chi connectivity index (χ0n) is 9.40. The molecule has 0 rings (SSSR count). The minimum atomic E-state index is -1.50. The molecule has 0 aromatic carbocycles. The van der Waals surface area contributed by atoms with E-state index in [-0.39, 0.29) is 0 Å². The van der Waals surface area contributed by atoms with Gasteiger partial charge in [0.1, 0.15) is 0 Å². The van der Waals surface area contributed by atoms with E-state index in [4.69, 9.17) is 4.43 Å². The van der Waals surface area contributed by atoms with E-state index in [0.29, 0.717) is 5.04 Å². The Labute approximate surface area is 78.6 Å². The third-order valence-electron chi connectivity index (χ3n) is 2.59. The fraction of sp³-hybridized carbons (Fsp3) is 0.900. The largest absolute Gasteiger partial charge is 0.411 e. The maximum atomic E-state index is 5.85. The molecule has 0 saturated heterocycles. The van der Waals surface area contributed by atoms with Gasteiger partial charge < -0.3 is 4.43 Å². The summed E-state index contributed by atoms with van der Waals surface area (Å²) in [6.07, 6.45) is 2.25. The maximum Gasteiger partial charge on any atom is 0.192 e. The Hall–Kier alpha value is 0.177. The van der Waals surface area contributed by atoms with Crippen LogP contribution in [-0.2, 0) is 4.43 Å². The van der Waals surface area contributed by atoms with E-state index in [2.05, 4.69) is 40.8 Å². The highest BCUT2D eigenvalue weighted by Crippen LogP contribution is 2.37. The molecule has 0 amide bonds. The Kier molecular flexibility index (Phi) is 4.49. The lowest BCUT2D eigenvalue weighted by atomic mass is 10.2. The summed E-state index contributed by atoms with van der Waals surface area (Å²) >= 11 is 0. The van der Waals surface area contributed by atoms with Gasteiger partial charge in [-0.3, -0.25) is 0 Å². The summed E-state index contributed by atoms with van der Waals surface area (Å²) < 4.78 is 5.85. The molecule has 0 aliphatic carbocycles. The molecule has 0 fully saturated rings. The van der Waals surface area contributed by atoms with Crippen molar-refractivity contribution >= 4 is 8.32 Å². The lowest BCUT2D eigenvalue weighted by Gasteiger charge is -2.35. The van der Waals surface area contributed by atoms with Crippen molar-refractivity contribution < 1.29 is 4.43 Å². The topological polar surface area (TPSA) is 9.23 Å². The molecule has 0 aliphatic heterocycles. The SMILES string of the molecule is CCC[CH]O[Si](C)(C)C(C)(C)C. The van der Waals surface area contributed by atoms with E-state index < -0.39 is 8.32 Å². The van der Waals surface area contributed by atoms with Crippen LogP contribution in [0.3, 0.4) is 0 Å². The summed E-state index contributed by atoms with van der Waals surface area (Å²) in [7, 11) is -1.50. The van der Waals surface area contributed by atoms with E-state index in [1.54, 1.807) is 0 Å². The molecule has 0 aromatic heterocycles. The third-order valence-corrected chi connectivity index (χ3v) is 6.96. The van der Waals surface area contributed by atoms with Gasteiger partial charge in [-0.25, -0.2) is 0 Å². The summed E-state index contributed by atoms with van der Waals surface area (Å²) in [5, 5.41) is 0.331. The highest BCUT2D eigenvalue weighted by molar-refractivity contribution is 6.74. The van der Waals surface area contributed by atoms with Crippen LogP contribution in [0.5, 0.6) is 0 Å². The van der Waals surface area contributed by atoms with Gasteiger partial charge in [0, 0.05) is 0 Å². The van der Waals surface area contributed by atoms with E-state index in [1.165, 1.54) is 6.42 Å². The Balaban J connectivity index is 3.88. The predicted octanol–water partition coefficient (Wildman–Crippen LogP) is 3.97. The van der Waals surface area contributed by atoms with Crippen LogP contribution in [0.25, 0.3) is 0 Å². The smallest absolute Gasteiger partial charge is 0.192 e. The van der Waals surface area contributed by atoms with Crippen LogP contribution >= 0.6 is 0 Å². The fourth-order valence-electron chi connectivity index (χ4n) is 0.562. The lowest BCUT2D eigenvalue weighted by Crippen LogP contribution is -2.39. The van der Waals surface area contributed by atoms with Gasteiger partial charge in [-0.1, -0.05) is 34.1 Å². The zero-order valence-corrected chi connectivity index (χ0v) is 10.4. The normalized spacial score (nSPS) is 13.5. The standard InChI is InChI=1S/C10H23OSi/c1-7-8-9-11-12(5,6)10(2,3)4/h9H,7-8H2,1-6H3. The van der Waals surface area contributed by atoms with Crippen LogP contribution < -0.4 is 0 Å². The number of unbranched alkanes of at least 4 members (excludes halogenated alkanes) is 1. The molecule has 1 nitrogen and oxygen atoms in total. The molecular formula is C10H23OSi. The maximum absolute atomic E-state index is 5.85. The second-order valence-corrected chi connectivity index (χ2v) is 9.59. The van der Waals surface area contributed by atoms with Gasteiger partial charge in [-0.15, -0.1) is 0 Å². The minimum Gasteiger partial charge on any atom is -0.411 e. The van der Waals surface area contributed by atoms with Crippen LogP contribution in [-0.4, -0.2) is 8.32 Å². The molecule has 2 heteroatoms. The third kappa shape index (κ3) is 3.72. The highest BCUT2D eigenvalue weighted by Gasteiger charge is 2.36. The Morgan fingerprint density at radius 1 is 1.25 bits per heavy atom. The van der Waals surface area contributed by atoms with Gasteiger partial charge in [0.15, 0.2) is 8.32 Å². The molecule has 0 N–H and O–H groups in total. The van der Waals surface area contributed by atoms with Gasteiger partial charge in [-0.2, -0.15) is 0 Å². The summed E-state index contributed by atoms with van der Waals surface area (Å²) in [5.74, 6) is 0. The first-order valence-corrected chi connectivity index (χ1v) is 7.71. The monoisotopic (exact) mass is 187 g/mol. The van der Waals surface area contributed by atoms with Crippen molar-refractivity contribution in [2.75, 3.05) is 0 Å². The van der Waals surface area contributed by atoms with E-state index in [0.717, 1.165) is 6.42 Å². The minimum absolute atomic E-state index is 0.331. The molecular weight excluding hydrogens is 164 g/mol. The second-order valence-electron chi connectivity index (χ2n) is 4.83. The molecule has 0 atom stereocenters. The average Bonchev–Trinajstić information content (AvgIpc) is 1.85. The van der Waals surface area contributed by atoms with Gasteiger partial charge in [-0.05, 0) is 24.6 Å². The number of hydrogen-bond acceptors (Lipinski definition) is 1. The van der Waals surface area contributed by atoms with E-state index in [9.17, 15) is 0 Å². The first kappa shape index (κ1) is 12.2. The Morgan fingerprint density at radius 3 is 2.08 bits per heavy atom. The quantitative estimate of drug-likeness (QED) is 0.478. The first-order valence-electron chi connectivity index (χ1n) is 4.81. The van der Waals surface area contributed by atoms with Gasteiger partial charge in [0.25, 0.3) is 0 Å².